The SMILES string of the molecule is CC(C)CC(CBr)(CBr)CCC(C)(C)C. The molecule has 0 aromatic heterocycles. The minimum absolute atomic E-state index is 0.446. The summed E-state index contributed by atoms with van der Waals surface area (Å²) in [5.74, 6) is 0.778. The standard InChI is InChI=1S/C13H26Br2/c1-11(2)8-13(9-14,10-15)7-6-12(3,4)5/h11H,6-10H2,1-5H3. The first kappa shape index (κ1) is 16.0. The van der Waals surface area contributed by atoms with Gasteiger partial charge in [0.15, 0.2) is 0 Å². The summed E-state index contributed by atoms with van der Waals surface area (Å²) in [6.45, 7) is 11.6. The molecular weight excluding hydrogens is 316 g/mol. The number of halogens is 2. The molecule has 15 heavy (non-hydrogen) atoms. The van der Waals surface area contributed by atoms with Crippen LogP contribution in [0.4, 0.5) is 0 Å². The van der Waals surface area contributed by atoms with Crippen LogP contribution in [-0.4, -0.2) is 10.7 Å². The second-order valence-corrected chi connectivity index (χ2v) is 7.55. The molecule has 0 bridgehead atoms. The van der Waals surface area contributed by atoms with Crippen LogP contribution in [0.5, 0.6) is 0 Å². The van der Waals surface area contributed by atoms with Crippen molar-refractivity contribution in [1.29, 1.82) is 0 Å². The monoisotopic (exact) mass is 340 g/mol. The molecule has 0 radical (unpaired) electrons. The maximum atomic E-state index is 3.70. The number of rotatable bonds is 6. The van der Waals surface area contributed by atoms with Crippen LogP contribution in [0.25, 0.3) is 0 Å². The van der Waals surface area contributed by atoms with E-state index < -0.39 is 0 Å². The topological polar surface area (TPSA) is 0 Å². The lowest BCUT2D eigenvalue weighted by atomic mass is 9.76. The van der Waals surface area contributed by atoms with Crippen LogP contribution >= 0.6 is 31.9 Å². The Morgan fingerprint density at radius 1 is 0.933 bits per heavy atom. The van der Waals surface area contributed by atoms with Crippen molar-refractivity contribution in [2.75, 3.05) is 10.7 Å². The Balaban J connectivity index is 4.37. The first-order chi connectivity index (χ1) is 6.74. The van der Waals surface area contributed by atoms with E-state index in [4.69, 9.17) is 0 Å². The van der Waals surface area contributed by atoms with Gasteiger partial charge in [-0.2, -0.15) is 0 Å². The van der Waals surface area contributed by atoms with Crippen molar-refractivity contribution in [3.8, 4) is 0 Å². The highest BCUT2D eigenvalue weighted by molar-refractivity contribution is 9.09. The lowest BCUT2D eigenvalue weighted by Gasteiger charge is -2.34. The summed E-state index contributed by atoms with van der Waals surface area (Å²) in [5, 5.41) is 2.22. The Bertz CT molecular complexity index is 164. The van der Waals surface area contributed by atoms with E-state index in [2.05, 4.69) is 66.5 Å². The summed E-state index contributed by atoms with van der Waals surface area (Å²) in [6.07, 6.45) is 3.92. The molecule has 0 fully saturated rings. The van der Waals surface area contributed by atoms with E-state index >= 15 is 0 Å². The molecule has 0 aromatic rings. The Kier molecular flexibility index (Phi) is 7.06. The molecule has 0 heterocycles. The Labute approximate surface area is 113 Å². The predicted molar refractivity (Wildman–Crippen MR) is 78.2 cm³/mol. The normalized spacial score (nSPS) is 13.6. The molecule has 0 aromatic carbocycles. The molecule has 0 aliphatic rings. The van der Waals surface area contributed by atoms with Gasteiger partial charge in [-0.05, 0) is 36.0 Å². The van der Waals surface area contributed by atoms with Crippen LogP contribution in [0.15, 0.2) is 0 Å². The van der Waals surface area contributed by atoms with Crippen LogP contribution in [0.3, 0.4) is 0 Å². The van der Waals surface area contributed by atoms with Gasteiger partial charge in [0.25, 0.3) is 0 Å². The minimum Gasteiger partial charge on any atom is -0.0922 e. The van der Waals surface area contributed by atoms with E-state index in [1.54, 1.807) is 0 Å². The van der Waals surface area contributed by atoms with Crippen molar-refractivity contribution in [2.24, 2.45) is 16.7 Å². The second-order valence-electron chi connectivity index (χ2n) is 6.43. The van der Waals surface area contributed by atoms with Gasteiger partial charge in [0.2, 0.25) is 0 Å². The van der Waals surface area contributed by atoms with Crippen molar-refractivity contribution >= 4 is 31.9 Å². The van der Waals surface area contributed by atoms with Crippen LogP contribution < -0.4 is 0 Å². The fourth-order valence-corrected chi connectivity index (χ4v) is 3.83. The molecule has 0 aliphatic carbocycles. The number of alkyl halides is 2. The van der Waals surface area contributed by atoms with Crippen LogP contribution in [-0.2, 0) is 0 Å². The van der Waals surface area contributed by atoms with E-state index in [-0.39, 0.29) is 0 Å². The smallest absolute Gasteiger partial charge is 0.00960 e. The van der Waals surface area contributed by atoms with Crippen molar-refractivity contribution < 1.29 is 0 Å². The van der Waals surface area contributed by atoms with Gasteiger partial charge >= 0.3 is 0 Å². The lowest BCUT2D eigenvalue weighted by molar-refractivity contribution is 0.231. The van der Waals surface area contributed by atoms with Gasteiger partial charge in [-0.3, -0.25) is 0 Å². The molecule has 0 nitrogen and oxygen atoms in total. The van der Waals surface area contributed by atoms with Crippen molar-refractivity contribution in [3.63, 3.8) is 0 Å². The molecule has 2 heteroatoms. The zero-order valence-electron chi connectivity index (χ0n) is 10.9. The molecule has 0 aliphatic heterocycles. The lowest BCUT2D eigenvalue weighted by Crippen LogP contribution is -2.28. The van der Waals surface area contributed by atoms with Gasteiger partial charge in [0, 0.05) is 10.7 Å². The zero-order chi connectivity index (χ0) is 12.1. The number of hydrogen-bond acceptors (Lipinski definition) is 0. The van der Waals surface area contributed by atoms with E-state index in [1.165, 1.54) is 19.3 Å². The van der Waals surface area contributed by atoms with E-state index in [0.717, 1.165) is 16.6 Å². The summed E-state index contributed by atoms with van der Waals surface area (Å²) >= 11 is 7.40. The fourth-order valence-electron chi connectivity index (χ4n) is 1.89. The molecule has 0 saturated carbocycles. The van der Waals surface area contributed by atoms with Gasteiger partial charge < -0.3 is 0 Å². The molecule has 0 spiro atoms. The summed E-state index contributed by atoms with van der Waals surface area (Å²) in [5.41, 5.74) is 0.897. The van der Waals surface area contributed by atoms with E-state index in [9.17, 15) is 0 Å². The average Bonchev–Trinajstić information content (AvgIpc) is 2.10. The summed E-state index contributed by atoms with van der Waals surface area (Å²) in [7, 11) is 0. The van der Waals surface area contributed by atoms with E-state index in [0.29, 0.717) is 10.8 Å². The predicted octanol–water partition coefficient (Wildman–Crippen LogP) is 5.64. The van der Waals surface area contributed by atoms with Gasteiger partial charge in [-0.1, -0.05) is 66.5 Å². The Hall–Kier alpha value is 0.960. The molecular formula is C13H26Br2. The Morgan fingerprint density at radius 2 is 1.40 bits per heavy atom. The molecule has 0 atom stereocenters. The minimum atomic E-state index is 0.446. The van der Waals surface area contributed by atoms with Gasteiger partial charge in [-0.25, -0.2) is 0 Å². The van der Waals surface area contributed by atoms with Crippen molar-refractivity contribution in [2.45, 2.75) is 53.9 Å². The second kappa shape index (κ2) is 6.64. The van der Waals surface area contributed by atoms with Crippen LogP contribution in [0.1, 0.15) is 53.9 Å². The largest absolute Gasteiger partial charge is 0.0922 e. The third-order valence-electron chi connectivity index (χ3n) is 2.81. The molecule has 0 N–H and O–H groups in total. The quantitative estimate of drug-likeness (QED) is 0.549. The van der Waals surface area contributed by atoms with Crippen LogP contribution in [0, 0.1) is 16.7 Å². The van der Waals surface area contributed by atoms with Crippen molar-refractivity contribution in [3.05, 3.63) is 0 Å². The van der Waals surface area contributed by atoms with Gasteiger partial charge in [0.1, 0.15) is 0 Å². The first-order valence-electron chi connectivity index (χ1n) is 5.87. The summed E-state index contributed by atoms with van der Waals surface area (Å²) in [6, 6.07) is 0. The molecule has 0 unspecified atom stereocenters. The first-order valence-corrected chi connectivity index (χ1v) is 8.11. The van der Waals surface area contributed by atoms with E-state index in [1.807, 2.05) is 0 Å². The summed E-state index contributed by atoms with van der Waals surface area (Å²) in [4.78, 5) is 0. The maximum Gasteiger partial charge on any atom is 0.00960 e. The third-order valence-corrected chi connectivity index (χ3v) is 5.19. The highest BCUT2D eigenvalue weighted by Crippen LogP contribution is 2.38. The molecule has 0 amide bonds. The molecule has 0 saturated heterocycles. The molecule has 0 rings (SSSR count). The Morgan fingerprint density at radius 3 is 1.67 bits per heavy atom. The molecule has 92 valence electrons. The average molecular weight is 342 g/mol. The fraction of sp³-hybridized carbons (Fsp3) is 1.00. The van der Waals surface area contributed by atoms with Gasteiger partial charge in [0.05, 0.1) is 0 Å². The van der Waals surface area contributed by atoms with Gasteiger partial charge in [-0.15, -0.1) is 0 Å². The highest BCUT2D eigenvalue weighted by Gasteiger charge is 2.30. The summed E-state index contributed by atoms with van der Waals surface area (Å²) < 4.78 is 0. The highest BCUT2D eigenvalue weighted by atomic mass is 79.9. The zero-order valence-corrected chi connectivity index (χ0v) is 14.0. The maximum absolute atomic E-state index is 3.70. The van der Waals surface area contributed by atoms with Crippen LogP contribution in [0.2, 0.25) is 0 Å². The third kappa shape index (κ3) is 6.99. The van der Waals surface area contributed by atoms with Crippen molar-refractivity contribution in [1.82, 2.24) is 0 Å². The number of hydrogen-bond donors (Lipinski definition) is 0.